The molecule has 0 unspecified atom stereocenters. The highest BCUT2D eigenvalue weighted by Crippen LogP contribution is 2.29. The first kappa shape index (κ1) is 41.6. The molecule has 2 saturated heterocycles. The quantitative estimate of drug-likeness (QED) is 0.0791. The van der Waals surface area contributed by atoms with E-state index in [0.717, 1.165) is 74.8 Å². The lowest BCUT2D eigenvalue weighted by atomic mass is 10.1. The van der Waals surface area contributed by atoms with E-state index < -0.39 is 4.92 Å². The van der Waals surface area contributed by atoms with Gasteiger partial charge in [0.05, 0.1) is 39.1 Å². The average molecular weight is 861 g/mol. The molecule has 64 heavy (non-hydrogen) atoms. The van der Waals surface area contributed by atoms with Crippen LogP contribution in [-0.4, -0.2) is 110 Å². The van der Waals surface area contributed by atoms with Gasteiger partial charge in [-0.15, -0.1) is 0 Å². The number of pyridine rings is 2. The first-order chi connectivity index (χ1) is 30.9. The lowest BCUT2D eigenvalue weighted by Gasteiger charge is -2.34. The predicted molar refractivity (Wildman–Crippen MR) is 255 cm³/mol. The molecule has 8 aromatic rings. The molecule has 18 heteroatoms. The van der Waals surface area contributed by atoms with Crippen LogP contribution in [0.5, 0.6) is 0 Å². The number of benzene rings is 4. The van der Waals surface area contributed by atoms with E-state index >= 15 is 0 Å². The van der Waals surface area contributed by atoms with Gasteiger partial charge in [-0.2, -0.15) is 0 Å². The molecule has 2 aliphatic heterocycles. The van der Waals surface area contributed by atoms with Crippen LogP contribution in [0.3, 0.4) is 0 Å². The van der Waals surface area contributed by atoms with Gasteiger partial charge in [-0.1, -0.05) is 12.1 Å². The van der Waals surface area contributed by atoms with Gasteiger partial charge in [-0.3, -0.25) is 19.7 Å². The number of nitrogens with one attached hydrogen (secondary N) is 2. The van der Waals surface area contributed by atoms with Crippen molar-refractivity contribution in [1.29, 1.82) is 0 Å². The smallest absolute Gasteiger partial charge is 0.270 e. The molecule has 326 valence electrons. The van der Waals surface area contributed by atoms with E-state index in [1.165, 1.54) is 22.4 Å². The number of aromatic nitrogens is 6. The number of nitrogens with two attached hydrogens (primary N) is 1. The Kier molecular flexibility index (Phi) is 11.2. The summed E-state index contributed by atoms with van der Waals surface area (Å²) in [7, 11) is 7.62. The van der Waals surface area contributed by atoms with Crippen LogP contribution < -0.4 is 37.3 Å². The number of piperazine rings is 2. The van der Waals surface area contributed by atoms with Crippen LogP contribution in [0.4, 0.5) is 46.0 Å². The van der Waals surface area contributed by atoms with Gasteiger partial charge >= 0.3 is 0 Å². The third-order valence-corrected chi connectivity index (χ3v) is 12.0. The fourth-order valence-electron chi connectivity index (χ4n) is 8.26. The van der Waals surface area contributed by atoms with Crippen LogP contribution >= 0.6 is 0 Å². The summed E-state index contributed by atoms with van der Waals surface area (Å²) in [5, 5.41) is 19.9. The highest BCUT2D eigenvalue weighted by atomic mass is 16.6. The van der Waals surface area contributed by atoms with Crippen molar-refractivity contribution in [1.82, 2.24) is 38.9 Å². The normalized spacial score (nSPS) is 14.8. The second-order valence-corrected chi connectivity index (χ2v) is 16.3. The number of nitrogen functional groups attached to an aromatic ring is 1. The maximum Gasteiger partial charge on any atom is 0.270 e. The Morgan fingerprint density at radius 1 is 0.578 bits per heavy atom. The van der Waals surface area contributed by atoms with Gasteiger partial charge in [0.2, 0.25) is 11.9 Å². The second-order valence-electron chi connectivity index (χ2n) is 16.3. The molecule has 4 aromatic carbocycles. The van der Waals surface area contributed by atoms with Crippen molar-refractivity contribution in [2.45, 2.75) is 0 Å². The van der Waals surface area contributed by atoms with Gasteiger partial charge in [0.15, 0.2) is 0 Å². The van der Waals surface area contributed by atoms with Crippen molar-refractivity contribution in [2.75, 3.05) is 92.6 Å². The minimum atomic E-state index is -0.511. The van der Waals surface area contributed by atoms with Crippen molar-refractivity contribution in [3.05, 3.63) is 128 Å². The van der Waals surface area contributed by atoms with Crippen molar-refractivity contribution in [3.8, 4) is 0 Å². The molecule has 0 aliphatic carbocycles. The monoisotopic (exact) mass is 860 g/mol. The number of nitro benzene ring substituents is 1. The summed E-state index contributed by atoms with van der Waals surface area (Å²) in [5.74, 6) is 0.871. The van der Waals surface area contributed by atoms with Crippen LogP contribution in [0, 0.1) is 10.1 Å². The third kappa shape index (κ3) is 8.30. The number of hydrogen-bond acceptors (Lipinski definition) is 15. The van der Waals surface area contributed by atoms with E-state index in [9.17, 15) is 19.7 Å². The van der Waals surface area contributed by atoms with Crippen LogP contribution in [0.15, 0.2) is 107 Å². The van der Waals surface area contributed by atoms with E-state index in [0.29, 0.717) is 50.4 Å². The topological polar surface area (TPSA) is 202 Å². The zero-order chi connectivity index (χ0) is 44.6. The Hall–Kier alpha value is -7.70. The largest absolute Gasteiger partial charge is 0.399 e. The Morgan fingerprint density at radius 2 is 1.03 bits per heavy atom. The molecule has 4 aromatic heterocycles. The van der Waals surface area contributed by atoms with Crippen LogP contribution in [0.25, 0.3) is 43.6 Å². The van der Waals surface area contributed by atoms with Crippen molar-refractivity contribution in [2.24, 2.45) is 14.1 Å². The van der Waals surface area contributed by atoms with Gasteiger partial charge < -0.3 is 45.1 Å². The van der Waals surface area contributed by atoms with Crippen LogP contribution in [0.2, 0.25) is 0 Å². The van der Waals surface area contributed by atoms with E-state index in [2.05, 4.69) is 83.5 Å². The molecule has 18 nitrogen and oxygen atoms in total. The molecule has 0 bridgehead atoms. The Balaban J connectivity index is 0.000000162. The fraction of sp³-hybridized carbons (Fsp3) is 0.261. The zero-order valence-corrected chi connectivity index (χ0v) is 36.0. The summed E-state index contributed by atoms with van der Waals surface area (Å²) in [5.41, 5.74) is 12.5. The Bertz CT molecular complexity index is 3210. The minimum absolute atomic E-state index is 0.112. The molecule has 4 N–H and O–H groups in total. The fourth-order valence-corrected chi connectivity index (χ4v) is 8.26. The van der Waals surface area contributed by atoms with Gasteiger partial charge in [0.25, 0.3) is 16.8 Å². The molecule has 6 heterocycles. The number of anilines is 7. The van der Waals surface area contributed by atoms with Crippen LogP contribution in [0.1, 0.15) is 0 Å². The number of likely N-dealkylation sites (N-methyl/N-ethyl adjacent to an activating group) is 2. The molecule has 0 spiro atoms. The number of non-ortho nitro benzene ring substituents is 1. The number of hydrogen-bond donors (Lipinski definition) is 3. The summed E-state index contributed by atoms with van der Waals surface area (Å²) < 4.78 is 2.98. The van der Waals surface area contributed by atoms with Crippen molar-refractivity contribution in [3.63, 3.8) is 0 Å². The molecule has 0 radical (unpaired) electrons. The van der Waals surface area contributed by atoms with Gasteiger partial charge in [-0.25, -0.2) is 19.9 Å². The maximum atomic E-state index is 12.8. The van der Waals surface area contributed by atoms with E-state index in [1.807, 2.05) is 30.3 Å². The van der Waals surface area contributed by atoms with Crippen LogP contribution in [-0.2, 0) is 14.1 Å². The molecule has 0 amide bonds. The highest BCUT2D eigenvalue weighted by Gasteiger charge is 2.19. The van der Waals surface area contributed by atoms with Crippen molar-refractivity contribution < 1.29 is 4.92 Å². The lowest BCUT2D eigenvalue weighted by Crippen LogP contribution is -2.44. The summed E-state index contributed by atoms with van der Waals surface area (Å²) in [4.78, 5) is 63.8. The number of nitrogens with zero attached hydrogens (tertiary/aromatic N) is 11. The number of fused-ring (bicyclic) bond motifs is 6. The average Bonchev–Trinajstić information content (AvgIpc) is 3.30. The summed E-state index contributed by atoms with van der Waals surface area (Å²) in [6.45, 7) is 8.12. The van der Waals surface area contributed by atoms with Crippen molar-refractivity contribution >= 4 is 89.6 Å². The predicted octanol–water partition coefficient (Wildman–Crippen LogP) is 5.44. The number of rotatable bonds is 7. The lowest BCUT2D eigenvalue weighted by molar-refractivity contribution is -0.384. The zero-order valence-electron chi connectivity index (χ0n) is 36.0. The Morgan fingerprint density at radius 3 is 1.50 bits per heavy atom. The number of aryl methyl sites for hydroxylation is 2. The van der Waals surface area contributed by atoms with Gasteiger partial charge in [-0.05, 0) is 74.8 Å². The minimum Gasteiger partial charge on any atom is -0.399 e. The van der Waals surface area contributed by atoms with E-state index in [4.69, 9.17) is 10.7 Å². The van der Waals surface area contributed by atoms with E-state index in [-0.39, 0.29) is 22.2 Å². The molecule has 0 saturated carbocycles. The molecular formula is C46H48N14O4. The first-order valence-electron chi connectivity index (χ1n) is 21.0. The molecular weight excluding hydrogens is 813 g/mol. The molecule has 0 atom stereocenters. The highest BCUT2D eigenvalue weighted by molar-refractivity contribution is 6.05. The van der Waals surface area contributed by atoms with Gasteiger partial charge in [0, 0.05) is 118 Å². The standard InChI is InChI=1S/C23H23N7O3.C23H25N7O/c1-27-8-10-29(11-9-27)16-5-3-4-15(12-16)25-23-24-14-20-21(26-23)18-7-6-17(30(32)33)13-19(18)22(31)28(20)2;1-28-8-10-30(11-9-28)17-5-3-4-16(13-17)26-23-25-14-20-21(27-23)18-7-6-15(24)12-19(18)22(31)29(20)2/h3-7,12-14H,8-11H2,1-2H3,(H,24,25,26);3-7,12-14H,8-11,24H2,1-2H3,(H,25,26,27). The number of nitro groups is 1. The molecule has 2 aliphatic rings. The maximum absolute atomic E-state index is 12.8. The van der Waals surface area contributed by atoms with Gasteiger partial charge in [0.1, 0.15) is 11.0 Å². The Labute approximate surface area is 367 Å². The summed E-state index contributed by atoms with van der Waals surface area (Å²) in [6, 6.07) is 26.0. The molecule has 2 fully saturated rings. The SMILES string of the molecule is CN1CCN(c2cccc(Nc3ncc4c(n3)c3ccc(N)cc3c(=O)n4C)c2)CC1.CN1CCN(c2cccc(Nc3ncc4c(n3)c3ccc([N+](=O)[O-])cc3c(=O)n4C)c2)CC1. The van der Waals surface area contributed by atoms with E-state index in [1.54, 1.807) is 49.3 Å². The first-order valence-corrected chi connectivity index (χ1v) is 21.0. The summed E-state index contributed by atoms with van der Waals surface area (Å²) >= 11 is 0. The third-order valence-electron chi connectivity index (χ3n) is 12.0. The second kappa shape index (κ2) is 17.2. The molecule has 10 rings (SSSR count). The summed E-state index contributed by atoms with van der Waals surface area (Å²) in [6.07, 6.45) is 3.28.